The summed E-state index contributed by atoms with van der Waals surface area (Å²) in [7, 11) is 0. The lowest BCUT2D eigenvalue weighted by atomic mass is 9.66. The Morgan fingerprint density at radius 3 is 1.62 bits per heavy atom. The summed E-state index contributed by atoms with van der Waals surface area (Å²) in [4.78, 5) is 11.2. The summed E-state index contributed by atoms with van der Waals surface area (Å²) >= 11 is 0. The van der Waals surface area contributed by atoms with Gasteiger partial charge in [-0.05, 0) is 89.0 Å². The highest BCUT2D eigenvalue weighted by molar-refractivity contribution is 6.20. The second-order valence-electron chi connectivity index (χ2n) is 16.0. The normalized spacial score (nSPS) is 12.7. The minimum atomic E-state index is -0.599. The molecule has 1 aliphatic rings. The molecule has 0 radical (unpaired) electrons. The summed E-state index contributed by atoms with van der Waals surface area (Å²) in [6.45, 7) is 0. The molecule has 0 unspecified atom stereocenters. The van der Waals surface area contributed by atoms with Gasteiger partial charge in [0.1, 0.15) is 0 Å². The Morgan fingerprint density at radius 2 is 0.869 bits per heavy atom. The summed E-state index contributed by atoms with van der Waals surface area (Å²) < 4.78 is 0. The largest absolute Gasteiger partial charge is 0.228 e. The summed E-state index contributed by atoms with van der Waals surface area (Å²) in [6, 6.07) is 83.5. The van der Waals surface area contributed by atoms with E-state index < -0.39 is 5.41 Å². The third kappa shape index (κ3) is 5.50. The highest BCUT2D eigenvalue weighted by atomic mass is 14.9. The molecule has 10 aromatic carbocycles. The fourth-order valence-corrected chi connectivity index (χ4v) is 10.1. The van der Waals surface area contributed by atoms with Crippen molar-refractivity contribution in [1.29, 1.82) is 0 Å². The van der Waals surface area contributed by atoms with Crippen LogP contribution in [0.2, 0.25) is 0 Å². The van der Waals surface area contributed by atoms with Gasteiger partial charge >= 0.3 is 0 Å². The molecule has 12 rings (SSSR count). The molecule has 2 nitrogen and oxygen atoms in total. The first-order valence-electron chi connectivity index (χ1n) is 21.0. The Kier molecular flexibility index (Phi) is 8.11. The van der Waals surface area contributed by atoms with Crippen LogP contribution in [0.25, 0.3) is 88.5 Å². The maximum absolute atomic E-state index is 5.59. The number of rotatable bonds is 6. The average Bonchev–Trinajstić information content (AvgIpc) is 3.65. The molecule has 0 saturated heterocycles. The minimum absolute atomic E-state index is 0.599. The Hall–Kier alpha value is -7.94. The van der Waals surface area contributed by atoms with Crippen molar-refractivity contribution < 1.29 is 0 Å². The maximum atomic E-state index is 5.59. The van der Waals surface area contributed by atoms with Crippen molar-refractivity contribution in [1.82, 2.24) is 9.97 Å². The number of benzene rings is 10. The highest BCUT2D eigenvalue weighted by Crippen LogP contribution is 2.58. The lowest BCUT2D eigenvalue weighted by Gasteiger charge is -2.35. The minimum Gasteiger partial charge on any atom is -0.228 e. The predicted octanol–water partition coefficient (Wildman–Crippen LogP) is 15.0. The van der Waals surface area contributed by atoms with Gasteiger partial charge in [-0.1, -0.05) is 218 Å². The van der Waals surface area contributed by atoms with E-state index in [0.29, 0.717) is 5.82 Å². The Labute approximate surface area is 355 Å². The monoisotopic (exact) mass is 774 g/mol. The van der Waals surface area contributed by atoms with Crippen LogP contribution >= 0.6 is 0 Å². The van der Waals surface area contributed by atoms with Gasteiger partial charge in [-0.3, -0.25) is 0 Å². The average molecular weight is 775 g/mol. The topological polar surface area (TPSA) is 25.8 Å². The molecule has 284 valence electrons. The van der Waals surface area contributed by atoms with E-state index in [1.54, 1.807) is 0 Å². The summed E-state index contributed by atoms with van der Waals surface area (Å²) in [5, 5.41) is 7.17. The molecule has 2 heteroatoms. The van der Waals surface area contributed by atoms with Crippen LogP contribution in [0, 0.1) is 0 Å². The molecule has 0 aliphatic heterocycles. The summed E-state index contributed by atoms with van der Waals surface area (Å²) in [6.07, 6.45) is 0. The SMILES string of the molecule is c1ccc(-c2ccc(-c3nc(-c4cccc5c4C(c4ccccc4)(c4ccccc4)c4ccccc4-5)cc(-c4c5ccccc5cc5c4ccc4ccccc45)n3)cc2)cc1. The first-order valence-corrected chi connectivity index (χ1v) is 21.0. The number of aromatic nitrogens is 2. The standard InChI is InChI=1S/C59H38N2/c1-4-17-39(18-5-1)40-31-33-42(34-32-40)58-60-54(38-55(61-58)56-47-26-13-11-20-43(47)37-52-46-25-12-10-19-41(46)35-36-49(52)56)51-29-16-28-50-48-27-14-15-30-53(48)59(57(50)51,44-21-6-2-7-22-44)45-23-8-3-9-24-45/h1-38H. The van der Waals surface area contributed by atoms with Gasteiger partial charge in [0, 0.05) is 16.7 Å². The van der Waals surface area contributed by atoms with Gasteiger partial charge in [-0.25, -0.2) is 9.97 Å². The summed E-state index contributed by atoms with van der Waals surface area (Å²) in [5.41, 5.74) is 14.1. The van der Waals surface area contributed by atoms with Crippen molar-refractivity contribution in [3.8, 4) is 56.2 Å². The van der Waals surface area contributed by atoms with Crippen LogP contribution in [-0.2, 0) is 5.41 Å². The zero-order chi connectivity index (χ0) is 40.3. The first kappa shape index (κ1) is 35.0. The quantitative estimate of drug-likeness (QED) is 0.124. The van der Waals surface area contributed by atoms with Crippen molar-refractivity contribution in [2.75, 3.05) is 0 Å². The third-order valence-corrected chi connectivity index (χ3v) is 12.8. The zero-order valence-electron chi connectivity index (χ0n) is 33.3. The second-order valence-corrected chi connectivity index (χ2v) is 16.0. The van der Waals surface area contributed by atoms with Crippen LogP contribution in [0.1, 0.15) is 22.3 Å². The van der Waals surface area contributed by atoms with E-state index in [0.717, 1.165) is 39.0 Å². The van der Waals surface area contributed by atoms with E-state index in [1.807, 2.05) is 0 Å². The fourth-order valence-electron chi connectivity index (χ4n) is 10.1. The van der Waals surface area contributed by atoms with Crippen LogP contribution in [-0.4, -0.2) is 9.97 Å². The third-order valence-electron chi connectivity index (χ3n) is 12.8. The molecule has 0 spiro atoms. The molecule has 1 aliphatic carbocycles. The zero-order valence-corrected chi connectivity index (χ0v) is 33.3. The van der Waals surface area contributed by atoms with E-state index in [9.17, 15) is 0 Å². The predicted molar refractivity (Wildman–Crippen MR) is 254 cm³/mol. The first-order chi connectivity index (χ1) is 30.3. The van der Waals surface area contributed by atoms with Crippen LogP contribution < -0.4 is 0 Å². The maximum Gasteiger partial charge on any atom is 0.160 e. The number of nitrogens with zero attached hydrogens (tertiary/aromatic N) is 2. The molecule has 0 N–H and O–H groups in total. The van der Waals surface area contributed by atoms with Gasteiger partial charge in [0.25, 0.3) is 0 Å². The smallest absolute Gasteiger partial charge is 0.160 e. The van der Waals surface area contributed by atoms with Crippen LogP contribution in [0.5, 0.6) is 0 Å². The molecule has 0 atom stereocenters. The Bertz CT molecular complexity index is 3410. The van der Waals surface area contributed by atoms with E-state index in [4.69, 9.17) is 9.97 Å². The van der Waals surface area contributed by atoms with Gasteiger partial charge < -0.3 is 0 Å². The molecule has 0 bridgehead atoms. The van der Waals surface area contributed by atoms with Crippen molar-refractivity contribution in [3.63, 3.8) is 0 Å². The molecule has 11 aromatic rings. The number of fused-ring (bicyclic) bond motifs is 7. The molecule has 0 fully saturated rings. The van der Waals surface area contributed by atoms with Gasteiger partial charge in [0.2, 0.25) is 0 Å². The van der Waals surface area contributed by atoms with Gasteiger partial charge in [-0.2, -0.15) is 0 Å². The Morgan fingerprint density at radius 1 is 0.311 bits per heavy atom. The van der Waals surface area contributed by atoms with E-state index in [-0.39, 0.29) is 0 Å². The lowest BCUT2D eigenvalue weighted by molar-refractivity contribution is 0.769. The lowest BCUT2D eigenvalue weighted by Crippen LogP contribution is -2.29. The fraction of sp³-hybridized carbons (Fsp3) is 0.0169. The Balaban J connectivity index is 1.18. The van der Waals surface area contributed by atoms with E-state index >= 15 is 0 Å². The molecular formula is C59H38N2. The summed E-state index contributed by atoms with van der Waals surface area (Å²) in [5.74, 6) is 0.687. The molecular weight excluding hydrogens is 737 g/mol. The van der Waals surface area contributed by atoms with Crippen LogP contribution in [0.15, 0.2) is 231 Å². The van der Waals surface area contributed by atoms with Crippen LogP contribution in [0.4, 0.5) is 0 Å². The highest BCUT2D eigenvalue weighted by Gasteiger charge is 2.47. The van der Waals surface area contributed by atoms with Gasteiger partial charge in [0.05, 0.1) is 16.8 Å². The van der Waals surface area contributed by atoms with Crippen LogP contribution in [0.3, 0.4) is 0 Å². The van der Waals surface area contributed by atoms with Gasteiger partial charge in [0.15, 0.2) is 5.82 Å². The molecule has 0 saturated carbocycles. The van der Waals surface area contributed by atoms with E-state index in [2.05, 4.69) is 231 Å². The molecule has 1 heterocycles. The van der Waals surface area contributed by atoms with Crippen molar-refractivity contribution in [2.45, 2.75) is 5.41 Å². The second kappa shape index (κ2) is 14.1. The van der Waals surface area contributed by atoms with Crippen molar-refractivity contribution in [2.24, 2.45) is 0 Å². The van der Waals surface area contributed by atoms with E-state index in [1.165, 1.54) is 65.9 Å². The van der Waals surface area contributed by atoms with Gasteiger partial charge in [-0.15, -0.1) is 0 Å². The molecule has 61 heavy (non-hydrogen) atoms. The number of hydrogen-bond donors (Lipinski definition) is 0. The molecule has 0 amide bonds. The van der Waals surface area contributed by atoms with Crippen molar-refractivity contribution in [3.05, 3.63) is 253 Å². The van der Waals surface area contributed by atoms with Crippen molar-refractivity contribution >= 4 is 32.3 Å². The number of hydrogen-bond acceptors (Lipinski definition) is 2. The molecule has 1 aromatic heterocycles.